The maximum Gasteiger partial charge on any atom is 0.269 e. The molecule has 7 nitrogen and oxygen atoms in total. The average Bonchev–Trinajstić information content (AvgIpc) is 2.45. The van der Waals surface area contributed by atoms with Crippen LogP contribution in [0.2, 0.25) is 5.02 Å². The van der Waals surface area contributed by atoms with Crippen molar-refractivity contribution in [3.8, 4) is 0 Å². The normalized spacial score (nSPS) is 11.9. The SMILES string of the molecule is CC(=O)N[C@@H](C(=O)N(C)Cc1cc([N+](=O)[O-])ccc1Cl)C(C)C. The van der Waals surface area contributed by atoms with Gasteiger partial charge in [0.2, 0.25) is 11.8 Å². The number of likely N-dealkylation sites (N-methyl/N-ethyl adjacent to an activating group) is 1. The van der Waals surface area contributed by atoms with Gasteiger partial charge in [-0.2, -0.15) is 0 Å². The van der Waals surface area contributed by atoms with Gasteiger partial charge in [0.05, 0.1) is 4.92 Å². The number of nitrogens with one attached hydrogen (secondary N) is 1. The molecule has 0 fully saturated rings. The predicted molar refractivity (Wildman–Crippen MR) is 87.0 cm³/mol. The zero-order valence-corrected chi connectivity index (χ0v) is 14.3. The third-order valence-corrected chi connectivity index (χ3v) is 3.68. The number of nitrogens with zero attached hydrogens (tertiary/aromatic N) is 2. The van der Waals surface area contributed by atoms with Crippen molar-refractivity contribution in [1.29, 1.82) is 0 Å². The fourth-order valence-electron chi connectivity index (χ4n) is 2.10. The van der Waals surface area contributed by atoms with Gasteiger partial charge >= 0.3 is 0 Å². The number of rotatable bonds is 6. The number of non-ortho nitro benzene ring substituents is 1. The Morgan fingerprint density at radius 3 is 2.48 bits per heavy atom. The van der Waals surface area contributed by atoms with Crippen LogP contribution in [0, 0.1) is 16.0 Å². The lowest BCUT2D eigenvalue weighted by Gasteiger charge is -2.27. The highest BCUT2D eigenvalue weighted by Gasteiger charge is 2.26. The summed E-state index contributed by atoms with van der Waals surface area (Å²) in [6.07, 6.45) is 0. The lowest BCUT2D eigenvalue weighted by molar-refractivity contribution is -0.384. The molecule has 1 aromatic rings. The Hall–Kier alpha value is -2.15. The van der Waals surface area contributed by atoms with Gasteiger partial charge in [0.15, 0.2) is 0 Å². The van der Waals surface area contributed by atoms with E-state index in [9.17, 15) is 19.7 Å². The summed E-state index contributed by atoms with van der Waals surface area (Å²) in [7, 11) is 1.56. The maximum absolute atomic E-state index is 12.5. The van der Waals surface area contributed by atoms with Crippen LogP contribution in [-0.2, 0) is 16.1 Å². The summed E-state index contributed by atoms with van der Waals surface area (Å²) in [5.74, 6) is -0.661. The molecule has 8 heteroatoms. The van der Waals surface area contributed by atoms with E-state index in [4.69, 9.17) is 11.6 Å². The molecule has 2 amide bonds. The minimum Gasteiger partial charge on any atom is -0.344 e. The summed E-state index contributed by atoms with van der Waals surface area (Å²) >= 11 is 6.05. The van der Waals surface area contributed by atoms with Gasteiger partial charge in [0.25, 0.3) is 5.69 Å². The van der Waals surface area contributed by atoms with Crippen molar-refractivity contribution < 1.29 is 14.5 Å². The summed E-state index contributed by atoms with van der Waals surface area (Å²) in [5.41, 5.74) is 0.384. The van der Waals surface area contributed by atoms with E-state index in [-0.39, 0.29) is 30.0 Å². The number of nitro benzene ring substituents is 1. The highest BCUT2D eigenvalue weighted by molar-refractivity contribution is 6.31. The van der Waals surface area contributed by atoms with Gasteiger partial charge in [0.1, 0.15) is 6.04 Å². The highest BCUT2D eigenvalue weighted by atomic mass is 35.5. The van der Waals surface area contributed by atoms with Gasteiger partial charge in [-0.1, -0.05) is 25.4 Å². The average molecular weight is 342 g/mol. The van der Waals surface area contributed by atoms with Crippen molar-refractivity contribution in [3.05, 3.63) is 38.9 Å². The van der Waals surface area contributed by atoms with Crippen molar-refractivity contribution in [2.24, 2.45) is 5.92 Å². The van der Waals surface area contributed by atoms with E-state index in [2.05, 4.69) is 5.32 Å². The first-order chi connectivity index (χ1) is 10.6. The lowest BCUT2D eigenvalue weighted by atomic mass is 10.0. The van der Waals surface area contributed by atoms with E-state index < -0.39 is 11.0 Å². The van der Waals surface area contributed by atoms with Crippen LogP contribution >= 0.6 is 11.6 Å². The molecule has 0 heterocycles. The topological polar surface area (TPSA) is 92.6 Å². The molecule has 23 heavy (non-hydrogen) atoms. The zero-order valence-electron chi connectivity index (χ0n) is 13.5. The van der Waals surface area contributed by atoms with E-state index in [0.717, 1.165) is 0 Å². The Morgan fingerprint density at radius 2 is 2.00 bits per heavy atom. The second-order valence-electron chi connectivity index (χ2n) is 5.65. The lowest BCUT2D eigenvalue weighted by Crippen LogP contribution is -2.49. The van der Waals surface area contributed by atoms with Gasteiger partial charge in [-0.3, -0.25) is 19.7 Å². The van der Waals surface area contributed by atoms with Gasteiger partial charge in [-0.15, -0.1) is 0 Å². The van der Waals surface area contributed by atoms with Crippen molar-refractivity contribution in [3.63, 3.8) is 0 Å². The van der Waals surface area contributed by atoms with Crippen LogP contribution in [0.15, 0.2) is 18.2 Å². The van der Waals surface area contributed by atoms with E-state index in [1.54, 1.807) is 7.05 Å². The molecule has 0 radical (unpaired) electrons. The number of carbonyl (C=O) groups is 2. The number of hydrogen-bond donors (Lipinski definition) is 1. The second kappa shape index (κ2) is 7.92. The van der Waals surface area contributed by atoms with Crippen LogP contribution in [-0.4, -0.2) is 34.7 Å². The molecule has 0 aliphatic rings. The first kappa shape index (κ1) is 18.9. The third-order valence-electron chi connectivity index (χ3n) is 3.32. The van der Waals surface area contributed by atoms with Crippen molar-refractivity contribution in [2.45, 2.75) is 33.4 Å². The van der Waals surface area contributed by atoms with Gasteiger partial charge in [0, 0.05) is 37.7 Å². The minimum absolute atomic E-state index is 0.0885. The van der Waals surface area contributed by atoms with Crippen LogP contribution in [0.3, 0.4) is 0 Å². The molecule has 1 atom stereocenters. The Labute approximate surface area is 139 Å². The molecule has 0 aliphatic heterocycles. The molecule has 0 saturated carbocycles. The summed E-state index contributed by atoms with van der Waals surface area (Å²) in [4.78, 5) is 35.4. The molecule has 0 aliphatic carbocycles. The number of carbonyl (C=O) groups excluding carboxylic acids is 2. The number of hydrogen-bond acceptors (Lipinski definition) is 4. The smallest absolute Gasteiger partial charge is 0.269 e. The fraction of sp³-hybridized carbons (Fsp3) is 0.467. The van der Waals surface area contributed by atoms with Gasteiger partial charge in [-0.25, -0.2) is 0 Å². The first-order valence-corrected chi connectivity index (χ1v) is 7.46. The summed E-state index contributed by atoms with van der Waals surface area (Å²) in [6.45, 7) is 5.11. The quantitative estimate of drug-likeness (QED) is 0.635. The van der Waals surface area contributed by atoms with E-state index in [1.807, 2.05) is 13.8 Å². The van der Waals surface area contributed by atoms with Crippen LogP contribution in [0.4, 0.5) is 5.69 Å². The standard InChI is InChI=1S/C15H20ClN3O4/c1-9(2)14(17-10(3)20)15(21)18(4)8-11-7-12(19(22)23)5-6-13(11)16/h5-7,9,14H,8H2,1-4H3,(H,17,20)/t14-/m1/s1. The predicted octanol–water partition coefficient (Wildman–Crippen LogP) is 2.37. The minimum atomic E-state index is -0.657. The summed E-state index contributed by atoms with van der Waals surface area (Å²) in [5, 5.41) is 13.8. The third kappa shape index (κ3) is 5.21. The molecule has 0 unspecified atom stereocenters. The van der Waals surface area contributed by atoms with E-state index in [1.165, 1.54) is 30.0 Å². The molecular weight excluding hydrogens is 322 g/mol. The Bertz CT molecular complexity index is 619. The molecule has 0 bridgehead atoms. The molecule has 1 aromatic carbocycles. The largest absolute Gasteiger partial charge is 0.344 e. The summed E-state index contributed by atoms with van der Waals surface area (Å²) < 4.78 is 0. The maximum atomic E-state index is 12.5. The fourth-order valence-corrected chi connectivity index (χ4v) is 2.28. The molecule has 0 saturated heterocycles. The highest BCUT2D eigenvalue weighted by Crippen LogP contribution is 2.23. The van der Waals surface area contributed by atoms with E-state index in [0.29, 0.717) is 10.6 Å². The monoisotopic (exact) mass is 341 g/mol. The molecular formula is C15H20ClN3O4. The van der Waals surface area contributed by atoms with E-state index >= 15 is 0 Å². The molecule has 126 valence electrons. The Kier molecular flexibility index (Phi) is 6.50. The van der Waals surface area contributed by atoms with Gasteiger partial charge < -0.3 is 10.2 Å². The number of benzene rings is 1. The summed E-state index contributed by atoms with van der Waals surface area (Å²) in [6, 6.07) is 3.42. The van der Waals surface area contributed by atoms with Crippen LogP contribution in [0.25, 0.3) is 0 Å². The zero-order chi connectivity index (χ0) is 17.7. The molecule has 0 spiro atoms. The van der Waals surface area contributed by atoms with Gasteiger partial charge in [-0.05, 0) is 17.5 Å². The molecule has 1 rings (SSSR count). The number of nitro groups is 1. The van der Waals surface area contributed by atoms with Crippen molar-refractivity contribution in [1.82, 2.24) is 10.2 Å². The van der Waals surface area contributed by atoms with Crippen LogP contribution in [0.1, 0.15) is 26.3 Å². The van der Waals surface area contributed by atoms with Crippen LogP contribution in [0.5, 0.6) is 0 Å². The second-order valence-corrected chi connectivity index (χ2v) is 6.06. The van der Waals surface area contributed by atoms with Crippen molar-refractivity contribution in [2.75, 3.05) is 7.05 Å². The molecule has 1 N–H and O–H groups in total. The molecule has 0 aromatic heterocycles. The van der Waals surface area contributed by atoms with Crippen LogP contribution < -0.4 is 5.32 Å². The Balaban J connectivity index is 2.95. The first-order valence-electron chi connectivity index (χ1n) is 7.08. The number of halogens is 1. The van der Waals surface area contributed by atoms with Crippen molar-refractivity contribution >= 4 is 29.1 Å². The Morgan fingerprint density at radius 1 is 1.39 bits per heavy atom. The number of amides is 2.